The Balaban J connectivity index is 2.73. The zero-order valence-electron chi connectivity index (χ0n) is 7.60. The van der Waals surface area contributed by atoms with Crippen LogP contribution in [-0.4, -0.2) is 23.3 Å². The molecular weight excluding hydrogens is 180 g/mol. The average Bonchev–Trinajstić information content (AvgIpc) is 2.18. The van der Waals surface area contributed by atoms with Gasteiger partial charge in [-0.3, -0.25) is 0 Å². The van der Waals surface area contributed by atoms with Gasteiger partial charge >= 0.3 is 5.97 Å². The van der Waals surface area contributed by atoms with Crippen molar-refractivity contribution in [2.24, 2.45) is 5.73 Å². The first-order chi connectivity index (χ1) is 6.63. The Labute approximate surface area is 81.9 Å². The Morgan fingerprint density at radius 1 is 1.50 bits per heavy atom. The van der Waals surface area contributed by atoms with E-state index in [1.807, 2.05) is 0 Å². The van der Waals surface area contributed by atoms with Gasteiger partial charge in [-0.1, -0.05) is 12.1 Å². The van der Waals surface area contributed by atoms with E-state index >= 15 is 0 Å². The predicted octanol–water partition coefficient (Wildman–Crippen LogP) is 0.904. The normalized spacial score (nSPS) is 12.1. The van der Waals surface area contributed by atoms with Crippen molar-refractivity contribution in [2.45, 2.75) is 12.5 Å². The first-order valence-corrected chi connectivity index (χ1v) is 4.22. The molecule has 0 aliphatic carbocycles. The molecule has 0 saturated carbocycles. The van der Waals surface area contributed by atoms with Crippen molar-refractivity contribution in [2.75, 3.05) is 0 Å². The van der Waals surface area contributed by atoms with E-state index in [4.69, 9.17) is 16.2 Å². The molecule has 1 rings (SSSR count). The summed E-state index contributed by atoms with van der Waals surface area (Å²) in [6, 6.07) is 6.20. The molecule has 0 saturated heterocycles. The SMILES string of the molecule is N=C[C@@H](N)Cc1ccc(C(=O)O)cc1. The highest BCUT2D eigenvalue weighted by Crippen LogP contribution is 2.05. The lowest BCUT2D eigenvalue weighted by molar-refractivity contribution is 0.0697. The van der Waals surface area contributed by atoms with Gasteiger partial charge in [0.15, 0.2) is 0 Å². The summed E-state index contributed by atoms with van der Waals surface area (Å²) in [5.41, 5.74) is 6.74. The van der Waals surface area contributed by atoms with Crippen LogP contribution in [0.4, 0.5) is 0 Å². The van der Waals surface area contributed by atoms with Crippen molar-refractivity contribution in [1.82, 2.24) is 0 Å². The zero-order valence-corrected chi connectivity index (χ0v) is 7.60. The van der Waals surface area contributed by atoms with E-state index in [0.717, 1.165) is 5.56 Å². The van der Waals surface area contributed by atoms with E-state index in [0.29, 0.717) is 6.42 Å². The number of benzene rings is 1. The Kier molecular flexibility index (Phi) is 3.36. The summed E-state index contributed by atoms with van der Waals surface area (Å²) in [6.45, 7) is 0. The number of nitrogens with one attached hydrogen (secondary N) is 1. The number of carboxylic acid groups (broad SMARTS) is 1. The van der Waals surface area contributed by atoms with Crippen molar-refractivity contribution < 1.29 is 9.90 Å². The molecule has 4 nitrogen and oxygen atoms in total. The summed E-state index contributed by atoms with van der Waals surface area (Å²) in [7, 11) is 0. The topological polar surface area (TPSA) is 87.2 Å². The van der Waals surface area contributed by atoms with Crippen LogP contribution in [0.5, 0.6) is 0 Å². The summed E-state index contributed by atoms with van der Waals surface area (Å²) in [5.74, 6) is -0.937. The first kappa shape index (κ1) is 10.4. The second-order valence-corrected chi connectivity index (χ2v) is 3.04. The number of nitrogens with two attached hydrogens (primary N) is 1. The number of hydrogen-bond donors (Lipinski definition) is 3. The molecule has 0 amide bonds. The minimum atomic E-state index is -0.937. The molecule has 1 aromatic carbocycles. The van der Waals surface area contributed by atoms with Gasteiger partial charge in [-0.05, 0) is 24.1 Å². The maximum atomic E-state index is 10.5. The van der Waals surface area contributed by atoms with Crippen LogP contribution in [0.3, 0.4) is 0 Å². The molecule has 4 heteroatoms. The molecule has 1 atom stereocenters. The van der Waals surface area contributed by atoms with Gasteiger partial charge in [-0.15, -0.1) is 0 Å². The average molecular weight is 192 g/mol. The van der Waals surface area contributed by atoms with E-state index in [1.165, 1.54) is 18.3 Å². The van der Waals surface area contributed by atoms with Crippen LogP contribution in [0.1, 0.15) is 15.9 Å². The van der Waals surface area contributed by atoms with Crippen LogP contribution < -0.4 is 5.73 Å². The zero-order chi connectivity index (χ0) is 10.6. The van der Waals surface area contributed by atoms with Crippen molar-refractivity contribution in [1.29, 1.82) is 5.41 Å². The highest BCUT2D eigenvalue weighted by Gasteiger charge is 2.03. The molecule has 0 heterocycles. The monoisotopic (exact) mass is 192 g/mol. The standard InChI is InChI=1S/C10H12N2O2/c11-6-9(12)5-7-1-3-8(4-2-7)10(13)14/h1-4,6,9,11H,5,12H2,(H,13,14)/t9-/m0/s1. The second kappa shape index (κ2) is 4.53. The van der Waals surface area contributed by atoms with Gasteiger partial charge < -0.3 is 16.2 Å². The summed E-state index contributed by atoms with van der Waals surface area (Å²) in [6.07, 6.45) is 1.73. The van der Waals surface area contributed by atoms with Crippen LogP contribution in [0.15, 0.2) is 24.3 Å². The third-order valence-electron chi connectivity index (χ3n) is 1.89. The number of rotatable bonds is 4. The third-order valence-corrected chi connectivity index (χ3v) is 1.89. The maximum Gasteiger partial charge on any atom is 0.335 e. The molecule has 0 unspecified atom stereocenters. The third kappa shape index (κ3) is 2.67. The summed E-state index contributed by atoms with van der Waals surface area (Å²) >= 11 is 0. The molecule has 0 aliphatic rings. The van der Waals surface area contributed by atoms with E-state index < -0.39 is 5.97 Å². The van der Waals surface area contributed by atoms with Crippen LogP contribution in [0.2, 0.25) is 0 Å². The summed E-state index contributed by atoms with van der Waals surface area (Å²) in [4.78, 5) is 10.5. The molecule has 1 aromatic rings. The van der Waals surface area contributed by atoms with Crippen molar-refractivity contribution in [3.63, 3.8) is 0 Å². The minimum absolute atomic E-state index is 0.261. The van der Waals surface area contributed by atoms with Gasteiger partial charge in [0.25, 0.3) is 0 Å². The highest BCUT2D eigenvalue weighted by atomic mass is 16.4. The van der Waals surface area contributed by atoms with Crippen molar-refractivity contribution in [3.8, 4) is 0 Å². The molecule has 0 spiro atoms. The lowest BCUT2D eigenvalue weighted by Crippen LogP contribution is -2.23. The van der Waals surface area contributed by atoms with Gasteiger partial charge in [0, 0.05) is 12.3 Å². The van der Waals surface area contributed by atoms with Crippen LogP contribution >= 0.6 is 0 Å². The van der Waals surface area contributed by atoms with E-state index in [-0.39, 0.29) is 11.6 Å². The molecule has 0 radical (unpaired) electrons. The number of carboxylic acids is 1. The Morgan fingerprint density at radius 3 is 2.50 bits per heavy atom. The van der Waals surface area contributed by atoms with Crippen LogP contribution in [0.25, 0.3) is 0 Å². The van der Waals surface area contributed by atoms with Crippen LogP contribution in [-0.2, 0) is 6.42 Å². The van der Waals surface area contributed by atoms with Gasteiger partial charge in [0.1, 0.15) is 0 Å². The summed E-state index contributed by atoms with van der Waals surface area (Å²) in [5, 5.41) is 15.6. The van der Waals surface area contributed by atoms with E-state index in [1.54, 1.807) is 12.1 Å². The van der Waals surface area contributed by atoms with Gasteiger partial charge in [0.2, 0.25) is 0 Å². The number of aromatic carboxylic acids is 1. The molecular formula is C10H12N2O2. The Hall–Kier alpha value is -1.68. The number of hydrogen-bond acceptors (Lipinski definition) is 3. The smallest absolute Gasteiger partial charge is 0.335 e. The van der Waals surface area contributed by atoms with Crippen molar-refractivity contribution >= 4 is 12.2 Å². The molecule has 14 heavy (non-hydrogen) atoms. The highest BCUT2D eigenvalue weighted by molar-refractivity contribution is 5.87. The predicted molar refractivity (Wildman–Crippen MR) is 53.9 cm³/mol. The van der Waals surface area contributed by atoms with E-state index in [2.05, 4.69) is 0 Å². The fourth-order valence-corrected chi connectivity index (χ4v) is 1.11. The van der Waals surface area contributed by atoms with E-state index in [9.17, 15) is 4.79 Å². The van der Waals surface area contributed by atoms with Gasteiger partial charge in [0.05, 0.1) is 5.56 Å². The quantitative estimate of drug-likeness (QED) is 0.619. The van der Waals surface area contributed by atoms with Crippen molar-refractivity contribution in [3.05, 3.63) is 35.4 Å². The Bertz CT molecular complexity index is 332. The molecule has 0 fully saturated rings. The Morgan fingerprint density at radius 2 is 2.07 bits per heavy atom. The molecule has 0 bridgehead atoms. The fraction of sp³-hybridized carbons (Fsp3) is 0.200. The first-order valence-electron chi connectivity index (χ1n) is 4.22. The maximum absolute atomic E-state index is 10.5. The molecule has 0 aliphatic heterocycles. The lowest BCUT2D eigenvalue weighted by atomic mass is 10.1. The largest absolute Gasteiger partial charge is 0.478 e. The number of carbonyl (C=O) groups is 1. The molecule has 74 valence electrons. The minimum Gasteiger partial charge on any atom is -0.478 e. The summed E-state index contributed by atoms with van der Waals surface area (Å²) < 4.78 is 0. The fourth-order valence-electron chi connectivity index (χ4n) is 1.11. The van der Waals surface area contributed by atoms with Gasteiger partial charge in [-0.25, -0.2) is 4.79 Å². The van der Waals surface area contributed by atoms with Crippen LogP contribution in [0, 0.1) is 5.41 Å². The van der Waals surface area contributed by atoms with Gasteiger partial charge in [-0.2, -0.15) is 0 Å². The molecule has 4 N–H and O–H groups in total. The lowest BCUT2D eigenvalue weighted by Gasteiger charge is -2.05. The second-order valence-electron chi connectivity index (χ2n) is 3.04. The molecule has 0 aromatic heterocycles.